The Balaban J connectivity index is 2.09. The summed E-state index contributed by atoms with van der Waals surface area (Å²) in [6, 6.07) is 12.6. The van der Waals surface area contributed by atoms with E-state index in [1.165, 1.54) is 30.5 Å². The van der Waals surface area contributed by atoms with Gasteiger partial charge in [0, 0.05) is 23.6 Å². The van der Waals surface area contributed by atoms with Crippen LogP contribution in [-0.2, 0) is 14.9 Å². The van der Waals surface area contributed by atoms with E-state index in [1.54, 1.807) is 18.2 Å². The Bertz CT molecular complexity index is 960. The summed E-state index contributed by atoms with van der Waals surface area (Å²) in [5.74, 6) is -0.685. The number of hydrogen-bond acceptors (Lipinski definition) is 6. The molecule has 0 aliphatic carbocycles. The third-order valence-corrected chi connectivity index (χ3v) is 3.87. The molecule has 2 rings (SSSR count). The second-order valence-corrected chi connectivity index (χ2v) is 6.24. The van der Waals surface area contributed by atoms with Crippen LogP contribution >= 0.6 is 0 Å². The van der Waals surface area contributed by atoms with Crippen LogP contribution in [0.2, 0.25) is 0 Å². The van der Waals surface area contributed by atoms with Crippen LogP contribution in [0, 0.1) is 11.3 Å². The standard InChI is InChI=1S/C16H13N3O5S/c17-9-11(10-18-13-2-1-3-14(20)8-13)16(21)19-12-4-6-15(7-5-12)25(22,23)24/h1-8,10,18,20H,(H,19,21)(H,22,23,24)/b11-10-. The molecule has 9 heteroatoms. The normalized spacial score (nSPS) is 11.4. The zero-order valence-electron chi connectivity index (χ0n) is 12.7. The molecule has 0 bridgehead atoms. The monoisotopic (exact) mass is 359 g/mol. The van der Waals surface area contributed by atoms with Crippen molar-refractivity contribution in [2.24, 2.45) is 0 Å². The summed E-state index contributed by atoms with van der Waals surface area (Å²) >= 11 is 0. The minimum Gasteiger partial charge on any atom is -0.508 e. The van der Waals surface area contributed by atoms with Crippen molar-refractivity contribution in [3.05, 3.63) is 60.3 Å². The minimum atomic E-state index is -4.32. The number of rotatable bonds is 5. The predicted octanol–water partition coefficient (Wildman–Crippen LogP) is 2.10. The lowest BCUT2D eigenvalue weighted by atomic mass is 10.2. The zero-order chi connectivity index (χ0) is 18.4. The van der Waals surface area contributed by atoms with Crippen molar-refractivity contribution in [2.45, 2.75) is 4.90 Å². The third-order valence-electron chi connectivity index (χ3n) is 3.00. The van der Waals surface area contributed by atoms with E-state index >= 15 is 0 Å². The summed E-state index contributed by atoms with van der Waals surface area (Å²) in [6.07, 6.45) is 1.18. The molecule has 0 spiro atoms. The fourth-order valence-electron chi connectivity index (χ4n) is 1.81. The number of nitrogens with zero attached hydrogens (tertiary/aromatic N) is 1. The number of carbonyl (C=O) groups excluding carboxylic acids is 1. The number of amides is 1. The number of benzene rings is 2. The molecule has 0 unspecified atom stereocenters. The Hall–Kier alpha value is -3.35. The smallest absolute Gasteiger partial charge is 0.294 e. The first-order valence-corrected chi connectivity index (χ1v) is 8.28. The highest BCUT2D eigenvalue weighted by Crippen LogP contribution is 2.17. The number of phenols is 1. The summed E-state index contributed by atoms with van der Waals surface area (Å²) in [4.78, 5) is 11.7. The van der Waals surface area contributed by atoms with E-state index in [2.05, 4.69) is 10.6 Å². The van der Waals surface area contributed by atoms with Crippen LogP contribution < -0.4 is 10.6 Å². The number of hydrogen-bond donors (Lipinski definition) is 4. The molecular formula is C16H13N3O5S. The number of nitrogens with one attached hydrogen (secondary N) is 2. The topological polar surface area (TPSA) is 140 Å². The third kappa shape index (κ3) is 5.07. The highest BCUT2D eigenvalue weighted by atomic mass is 32.2. The molecule has 0 aliphatic rings. The lowest BCUT2D eigenvalue weighted by Gasteiger charge is -2.06. The van der Waals surface area contributed by atoms with E-state index in [0.717, 1.165) is 12.1 Å². The van der Waals surface area contributed by atoms with Crippen LogP contribution in [-0.4, -0.2) is 24.0 Å². The minimum absolute atomic E-state index is 0.0280. The maximum Gasteiger partial charge on any atom is 0.294 e. The van der Waals surface area contributed by atoms with Gasteiger partial charge in [-0.2, -0.15) is 13.7 Å². The van der Waals surface area contributed by atoms with Crippen molar-refractivity contribution < 1.29 is 22.9 Å². The van der Waals surface area contributed by atoms with Gasteiger partial charge in [0.15, 0.2) is 0 Å². The highest BCUT2D eigenvalue weighted by molar-refractivity contribution is 7.85. The molecule has 0 radical (unpaired) electrons. The van der Waals surface area contributed by atoms with E-state index in [9.17, 15) is 18.3 Å². The average Bonchev–Trinajstić information content (AvgIpc) is 2.55. The lowest BCUT2D eigenvalue weighted by Crippen LogP contribution is -2.14. The molecule has 0 saturated carbocycles. The fraction of sp³-hybridized carbons (Fsp3) is 0. The molecule has 0 saturated heterocycles. The van der Waals surface area contributed by atoms with Gasteiger partial charge >= 0.3 is 0 Å². The molecule has 8 nitrogen and oxygen atoms in total. The second-order valence-electron chi connectivity index (χ2n) is 4.82. The number of phenolic OH excluding ortho intramolecular Hbond substituents is 1. The maximum absolute atomic E-state index is 12.1. The van der Waals surface area contributed by atoms with Gasteiger partial charge in [-0.3, -0.25) is 9.35 Å². The molecule has 25 heavy (non-hydrogen) atoms. The second kappa shape index (κ2) is 7.48. The average molecular weight is 359 g/mol. The summed E-state index contributed by atoms with van der Waals surface area (Å²) in [5, 5.41) is 23.6. The number of nitriles is 1. The van der Waals surface area contributed by atoms with Gasteiger partial charge in [-0.25, -0.2) is 0 Å². The predicted molar refractivity (Wildman–Crippen MR) is 90.3 cm³/mol. The Morgan fingerprint density at radius 1 is 1.12 bits per heavy atom. The van der Waals surface area contributed by atoms with Gasteiger partial charge in [0.2, 0.25) is 0 Å². The van der Waals surface area contributed by atoms with Crippen molar-refractivity contribution in [3.8, 4) is 11.8 Å². The Morgan fingerprint density at radius 2 is 1.80 bits per heavy atom. The summed E-state index contributed by atoms with van der Waals surface area (Å²) in [6.45, 7) is 0. The first-order chi connectivity index (χ1) is 11.8. The van der Waals surface area contributed by atoms with Gasteiger partial charge in [0.25, 0.3) is 16.0 Å². The summed E-state index contributed by atoms with van der Waals surface area (Å²) in [5.41, 5.74) is 0.496. The Kier molecular flexibility index (Phi) is 5.38. The van der Waals surface area contributed by atoms with Gasteiger partial charge < -0.3 is 15.7 Å². The van der Waals surface area contributed by atoms with Crippen LogP contribution in [0.5, 0.6) is 5.75 Å². The van der Waals surface area contributed by atoms with Crippen LogP contribution in [0.15, 0.2) is 65.2 Å². The molecule has 0 aliphatic heterocycles. The maximum atomic E-state index is 12.1. The molecule has 0 fully saturated rings. The first kappa shape index (κ1) is 18.0. The van der Waals surface area contributed by atoms with Gasteiger partial charge in [-0.1, -0.05) is 6.07 Å². The van der Waals surface area contributed by atoms with Crippen molar-refractivity contribution in [3.63, 3.8) is 0 Å². The molecule has 4 N–H and O–H groups in total. The largest absolute Gasteiger partial charge is 0.508 e. The summed E-state index contributed by atoms with van der Waals surface area (Å²) in [7, 11) is -4.32. The lowest BCUT2D eigenvalue weighted by molar-refractivity contribution is -0.112. The summed E-state index contributed by atoms with van der Waals surface area (Å²) < 4.78 is 30.8. The van der Waals surface area contributed by atoms with E-state index in [4.69, 9.17) is 9.81 Å². The fourth-order valence-corrected chi connectivity index (χ4v) is 2.29. The van der Waals surface area contributed by atoms with E-state index in [1.807, 2.05) is 0 Å². The van der Waals surface area contributed by atoms with Gasteiger partial charge in [0.05, 0.1) is 4.90 Å². The van der Waals surface area contributed by atoms with Crippen molar-refractivity contribution in [1.29, 1.82) is 5.26 Å². The first-order valence-electron chi connectivity index (χ1n) is 6.84. The molecule has 0 atom stereocenters. The molecule has 2 aromatic rings. The highest BCUT2D eigenvalue weighted by Gasteiger charge is 2.12. The van der Waals surface area contributed by atoms with Crippen LogP contribution in [0.25, 0.3) is 0 Å². The number of aromatic hydroxyl groups is 1. The molecular weight excluding hydrogens is 346 g/mol. The van der Waals surface area contributed by atoms with Crippen LogP contribution in [0.4, 0.5) is 11.4 Å². The molecule has 1 amide bonds. The SMILES string of the molecule is N#C/C(=C/Nc1cccc(O)c1)C(=O)Nc1ccc(S(=O)(=O)O)cc1. The Labute approximate surface area is 143 Å². The number of anilines is 2. The van der Waals surface area contributed by atoms with Crippen molar-refractivity contribution >= 4 is 27.4 Å². The van der Waals surface area contributed by atoms with Crippen LogP contribution in [0.1, 0.15) is 0 Å². The van der Waals surface area contributed by atoms with Gasteiger partial charge in [-0.15, -0.1) is 0 Å². The molecule has 0 heterocycles. The van der Waals surface area contributed by atoms with Gasteiger partial charge in [0.1, 0.15) is 17.4 Å². The van der Waals surface area contributed by atoms with E-state index < -0.39 is 16.0 Å². The van der Waals surface area contributed by atoms with Crippen LogP contribution in [0.3, 0.4) is 0 Å². The zero-order valence-corrected chi connectivity index (χ0v) is 13.5. The van der Waals surface area contributed by atoms with Gasteiger partial charge in [-0.05, 0) is 36.4 Å². The molecule has 128 valence electrons. The van der Waals surface area contributed by atoms with Crippen molar-refractivity contribution in [2.75, 3.05) is 10.6 Å². The Morgan fingerprint density at radius 3 is 2.36 bits per heavy atom. The number of carbonyl (C=O) groups is 1. The van der Waals surface area contributed by atoms with E-state index in [0.29, 0.717) is 5.69 Å². The molecule has 2 aromatic carbocycles. The molecule has 0 aromatic heterocycles. The van der Waals surface area contributed by atoms with Crippen molar-refractivity contribution in [1.82, 2.24) is 0 Å². The quantitative estimate of drug-likeness (QED) is 0.364. The van der Waals surface area contributed by atoms with E-state index in [-0.39, 0.29) is 21.9 Å².